The molecule has 7 nitrogen and oxygen atoms in total. The van der Waals surface area contributed by atoms with Crippen molar-refractivity contribution in [2.45, 2.75) is 24.1 Å². The standard InChI is InChI=1S/C14H13FN2O5S/c15-23(21,22)11-6-13(18)17(8-11)12(14(19)20)5-9-2-1-3-10(4-9)7-16/h1-4,11-12H,5-6,8H2,(H,19,20)/t11?,12-/m0/s1. The molecule has 1 aliphatic rings. The van der Waals surface area contributed by atoms with Crippen LogP contribution in [0, 0.1) is 11.3 Å². The predicted molar refractivity (Wildman–Crippen MR) is 76.4 cm³/mol. The minimum atomic E-state index is -4.91. The van der Waals surface area contributed by atoms with Crippen LogP contribution in [0.5, 0.6) is 0 Å². The summed E-state index contributed by atoms with van der Waals surface area (Å²) in [4.78, 5) is 24.2. The number of carbonyl (C=O) groups excluding carboxylic acids is 1. The van der Waals surface area contributed by atoms with Crippen LogP contribution in [0.1, 0.15) is 17.5 Å². The van der Waals surface area contributed by atoms with Crippen LogP contribution in [-0.4, -0.2) is 48.1 Å². The van der Waals surface area contributed by atoms with Gasteiger partial charge in [0.15, 0.2) is 0 Å². The maximum absolute atomic E-state index is 13.0. The summed E-state index contributed by atoms with van der Waals surface area (Å²) < 4.78 is 34.9. The van der Waals surface area contributed by atoms with Crippen molar-refractivity contribution in [1.29, 1.82) is 5.26 Å². The summed E-state index contributed by atoms with van der Waals surface area (Å²) in [6.07, 6.45) is -0.670. The number of likely N-dealkylation sites (tertiary alicyclic amines) is 1. The lowest BCUT2D eigenvalue weighted by atomic mass is 10.0. The average Bonchev–Trinajstić information content (AvgIpc) is 2.86. The Morgan fingerprint density at radius 3 is 2.74 bits per heavy atom. The number of benzene rings is 1. The van der Waals surface area contributed by atoms with E-state index in [1.807, 2.05) is 6.07 Å². The van der Waals surface area contributed by atoms with Crippen LogP contribution in [0.15, 0.2) is 24.3 Å². The van der Waals surface area contributed by atoms with Crippen molar-refractivity contribution in [2.75, 3.05) is 6.54 Å². The largest absolute Gasteiger partial charge is 0.480 e. The second-order valence-corrected chi connectivity index (χ2v) is 6.84. The summed E-state index contributed by atoms with van der Waals surface area (Å²) in [7, 11) is -4.91. The third-order valence-corrected chi connectivity index (χ3v) is 4.78. The molecule has 1 N–H and O–H groups in total. The van der Waals surface area contributed by atoms with E-state index in [2.05, 4.69) is 0 Å². The summed E-state index contributed by atoms with van der Waals surface area (Å²) in [6, 6.07) is 6.81. The van der Waals surface area contributed by atoms with Gasteiger partial charge in [0.1, 0.15) is 11.3 Å². The van der Waals surface area contributed by atoms with Gasteiger partial charge in [-0.2, -0.15) is 13.7 Å². The number of halogens is 1. The maximum atomic E-state index is 13.0. The molecule has 0 saturated carbocycles. The van der Waals surface area contributed by atoms with Crippen molar-refractivity contribution in [1.82, 2.24) is 4.90 Å². The fourth-order valence-corrected chi connectivity index (χ4v) is 3.19. The molecule has 1 aromatic carbocycles. The van der Waals surface area contributed by atoms with Crippen LogP contribution >= 0.6 is 0 Å². The Morgan fingerprint density at radius 2 is 2.22 bits per heavy atom. The van der Waals surface area contributed by atoms with E-state index in [4.69, 9.17) is 5.26 Å². The van der Waals surface area contributed by atoms with Gasteiger partial charge < -0.3 is 10.0 Å². The first-order chi connectivity index (χ1) is 10.7. The lowest BCUT2D eigenvalue weighted by molar-refractivity contribution is -0.148. The molecule has 2 atom stereocenters. The topological polar surface area (TPSA) is 116 Å². The normalized spacial score (nSPS) is 19.4. The fraction of sp³-hybridized carbons (Fsp3) is 0.357. The van der Waals surface area contributed by atoms with Gasteiger partial charge in [-0.05, 0) is 17.7 Å². The molecule has 1 saturated heterocycles. The fourth-order valence-electron chi connectivity index (χ4n) is 2.51. The molecule has 1 aromatic rings. The third-order valence-electron chi connectivity index (χ3n) is 3.67. The lowest BCUT2D eigenvalue weighted by Gasteiger charge is -2.24. The highest BCUT2D eigenvalue weighted by Crippen LogP contribution is 2.23. The first-order valence-electron chi connectivity index (χ1n) is 6.67. The van der Waals surface area contributed by atoms with E-state index in [1.54, 1.807) is 18.2 Å². The number of carbonyl (C=O) groups is 2. The molecule has 9 heteroatoms. The summed E-state index contributed by atoms with van der Waals surface area (Å²) in [5.74, 6) is -2.04. The van der Waals surface area contributed by atoms with Gasteiger partial charge in [-0.15, -0.1) is 3.89 Å². The Bertz CT molecular complexity index is 787. The number of hydrogen-bond donors (Lipinski definition) is 1. The Morgan fingerprint density at radius 1 is 1.52 bits per heavy atom. The van der Waals surface area contributed by atoms with E-state index >= 15 is 0 Å². The molecule has 1 unspecified atom stereocenters. The summed E-state index contributed by atoms with van der Waals surface area (Å²) in [6.45, 7) is -0.493. The van der Waals surface area contributed by atoms with Gasteiger partial charge in [-0.25, -0.2) is 4.79 Å². The van der Waals surface area contributed by atoms with Crippen LogP contribution < -0.4 is 0 Å². The minimum absolute atomic E-state index is 0.102. The first kappa shape index (κ1) is 16.9. The van der Waals surface area contributed by atoms with E-state index in [1.165, 1.54) is 6.07 Å². The highest BCUT2D eigenvalue weighted by Gasteiger charge is 2.43. The molecule has 23 heavy (non-hydrogen) atoms. The van der Waals surface area contributed by atoms with Crippen LogP contribution in [0.3, 0.4) is 0 Å². The average molecular weight is 340 g/mol. The van der Waals surface area contributed by atoms with Gasteiger partial charge in [0.25, 0.3) is 0 Å². The van der Waals surface area contributed by atoms with Gasteiger partial charge >= 0.3 is 16.2 Å². The third kappa shape index (κ3) is 3.84. The molecule has 1 aliphatic heterocycles. The molecule has 0 spiro atoms. The smallest absolute Gasteiger partial charge is 0.326 e. The monoisotopic (exact) mass is 340 g/mol. The predicted octanol–water partition coefficient (Wildman–Crippen LogP) is 0.454. The molecular formula is C14H13FN2O5S. The molecule has 1 heterocycles. The molecule has 0 bridgehead atoms. The Hall–Kier alpha value is -2.47. The van der Waals surface area contributed by atoms with Crippen molar-refractivity contribution in [3.8, 4) is 6.07 Å². The van der Waals surface area contributed by atoms with Crippen molar-refractivity contribution in [3.05, 3.63) is 35.4 Å². The van der Waals surface area contributed by atoms with E-state index in [-0.39, 0.29) is 6.42 Å². The molecule has 2 rings (SSSR count). The summed E-state index contributed by atoms with van der Waals surface area (Å²) in [5, 5.41) is 16.6. The molecule has 1 amide bonds. The molecular weight excluding hydrogens is 327 g/mol. The zero-order valence-electron chi connectivity index (χ0n) is 11.8. The molecule has 122 valence electrons. The number of nitrogens with zero attached hydrogens (tertiary/aromatic N) is 2. The Balaban J connectivity index is 2.24. The molecule has 1 fully saturated rings. The molecule has 0 radical (unpaired) electrons. The van der Waals surface area contributed by atoms with Crippen LogP contribution in [0.4, 0.5) is 3.89 Å². The Kier molecular flexibility index (Phi) is 4.65. The lowest BCUT2D eigenvalue weighted by Crippen LogP contribution is -2.44. The second kappa shape index (κ2) is 6.34. The zero-order chi connectivity index (χ0) is 17.2. The van der Waals surface area contributed by atoms with Crippen LogP contribution in [0.25, 0.3) is 0 Å². The highest BCUT2D eigenvalue weighted by atomic mass is 32.3. The Labute approximate surface area is 132 Å². The van der Waals surface area contributed by atoms with E-state index in [0.717, 1.165) is 4.90 Å². The number of amides is 1. The molecule has 0 aliphatic carbocycles. The van der Waals surface area contributed by atoms with Crippen molar-refractivity contribution >= 4 is 22.1 Å². The van der Waals surface area contributed by atoms with E-state index in [0.29, 0.717) is 11.1 Å². The van der Waals surface area contributed by atoms with Crippen molar-refractivity contribution in [2.24, 2.45) is 0 Å². The quantitative estimate of drug-likeness (QED) is 0.778. The molecule has 0 aromatic heterocycles. The number of nitriles is 1. The zero-order valence-corrected chi connectivity index (χ0v) is 12.7. The van der Waals surface area contributed by atoms with E-state index < -0.39 is 46.4 Å². The van der Waals surface area contributed by atoms with E-state index in [9.17, 15) is 27.0 Å². The van der Waals surface area contributed by atoms with Gasteiger partial charge in [-0.1, -0.05) is 12.1 Å². The maximum Gasteiger partial charge on any atom is 0.326 e. The highest BCUT2D eigenvalue weighted by molar-refractivity contribution is 7.87. The van der Waals surface area contributed by atoms with Gasteiger partial charge in [-0.3, -0.25) is 4.79 Å². The number of aliphatic carboxylic acids is 1. The van der Waals surface area contributed by atoms with Crippen LogP contribution in [0.2, 0.25) is 0 Å². The van der Waals surface area contributed by atoms with Gasteiger partial charge in [0, 0.05) is 19.4 Å². The van der Waals surface area contributed by atoms with Crippen molar-refractivity contribution < 1.29 is 27.0 Å². The summed E-state index contributed by atoms with van der Waals surface area (Å²) >= 11 is 0. The minimum Gasteiger partial charge on any atom is -0.480 e. The number of rotatable bonds is 5. The van der Waals surface area contributed by atoms with Gasteiger partial charge in [0.2, 0.25) is 5.91 Å². The van der Waals surface area contributed by atoms with Crippen LogP contribution in [-0.2, 0) is 26.2 Å². The van der Waals surface area contributed by atoms with Gasteiger partial charge in [0.05, 0.1) is 11.6 Å². The number of carboxylic acids is 1. The SMILES string of the molecule is N#Cc1cccc(C[C@@H](C(=O)O)N2CC(S(=O)(=O)F)CC2=O)c1. The van der Waals surface area contributed by atoms with Crippen molar-refractivity contribution in [3.63, 3.8) is 0 Å². The number of hydrogen-bond acceptors (Lipinski definition) is 5. The summed E-state index contributed by atoms with van der Waals surface area (Å²) in [5.41, 5.74) is 0.847. The second-order valence-electron chi connectivity index (χ2n) is 5.22. The first-order valence-corrected chi connectivity index (χ1v) is 8.12. The number of carboxylic acid groups (broad SMARTS) is 1.